The van der Waals surface area contributed by atoms with Gasteiger partial charge in [0.2, 0.25) is 5.79 Å². The van der Waals surface area contributed by atoms with Crippen LogP contribution in [0.25, 0.3) is 0 Å². The van der Waals surface area contributed by atoms with Crippen molar-refractivity contribution in [3.8, 4) is 0 Å². The smallest absolute Gasteiger partial charge is 0.329 e. The van der Waals surface area contributed by atoms with Crippen molar-refractivity contribution in [2.24, 2.45) is 35.0 Å². The lowest BCUT2D eigenvalue weighted by atomic mass is 9.77. The average molecular weight is 958 g/mol. The second kappa shape index (κ2) is 26.7. The molecule has 1 amide bonds. The van der Waals surface area contributed by atoms with Crippen molar-refractivity contribution in [2.45, 2.75) is 186 Å². The summed E-state index contributed by atoms with van der Waals surface area (Å²) in [7, 11) is 3.01. The van der Waals surface area contributed by atoms with Crippen LogP contribution < -0.4 is 0 Å². The number of aliphatic hydroxyl groups excluding tert-OH is 3. The number of ketones is 2. The summed E-state index contributed by atoms with van der Waals surface area (Å²) in [6.45, 7) is 12.8. The highest BCUT2D eigenvalue weighted by molar-refractivity contribution is 6.39. The molecule has 3 fully saturated rings. The molecule has 2 saturated heterocycles. The number of nitrogens with zero attached hydrogens (tertiary/aromatic N) is 1. The van der Waals surface area contributed by atoms with Crippen LogP contribution in [-0.4, -0.2) is 144 Å². The zero-order chi connectivity index (χ0) is 50.3. The monoisotopic (exact) mass is 958 g/mol. The summed E-state index contributed by atoms with van der Waals surface area (Å²) in [4.78, 5) is 70.9. The molecule has 4 rings (SSSR count). The first-order valence-corrected chi connectivity index (χ1v) is 25.0. The predicted octanol–water partition coefficient (Wildman–Crippen LogP) is 5.93. The lowest BCUT2D eigenvalue weighted by molar-refractivity contribution is -0.265. The van der Waals surface area contributed by atoms with Crippen LogP contribution in [0.2, 0.25) is 0 Å². The molecule has 4 N–H and O–H groups in total. The molecular formula is C53H83NO14. The van der Waals surface area contributed by atoms with E-state index in [-0.39, 0.29) is 81.2 Å². The Morgan fingerprint density at radius 3 is 2.31 bits per heavy atom. The van der Waals surface area contributed by atoms with Gasteiger partial charge in [0.15, 0.2) is 5.78 Å². The zero-order valence-electron chi connectivity index (χ0n) is 42.2. The van der Waals surface area contributed by atoms with Gasteiger partial charge in [0.25, 0.3) is 11.7 Å². The maximum Gasteiger partial charge on any atom is 0.329 e. The summed E-state index contributed by atoms with van der Waals surface area (Å²) in [5.74, 6) is -6.95. The number of Topliss-reactive ketones (excluding diaryl/α,β-unsaturated/α-hetero) is 2. The number of amides is 1. The Balaban J connectivity index is 1.70. The van der Waals surface area contributed by atoms with Crippen LogP contribution in [0.5, 0.6) is 0 Å². The molecule has 2 bridgehead atoms. The molecule has 0 aromatic heterocycles. The highest BCUT2D eigenvalue weighted by Crippen LogP contribution is 2.39. The number of hydrogen-bond acceptors (Lipinski definition) is 14. The van der Waals surface area contributed by atoms with E-state index in [1.54, 1.807) is 60.0 Å². The molecule has 68 heavy (non-hydrogen) atoms. The molecule has 4 aliphatic rings. The minimum absolute atomic E-state index is 0.0124. The minimum Gasteiger partial charge on any atom is -0.461 e. The Kier molecular flexibility index (Phi) is 22.4. The standard InChI is InChI=1S/C53H83NO14/c1-33-15-11-10-12-16-34(2)42(57)30-40-20-18-38(6)53(63,68-40)49(60)50(61)54-24-14-13-17-41(54)51(62)67-43(35(3)28-39-19-21-44(66-26-25-55)45(29-39)64-8)22-23-52(7,32-56)31-37(5)47(59)48(65-9)46(58)36(4)27-33/h10-12,15-16,31-33,35-36,38-45,47-48,55,57,59,63H,13-14,17-30H2,1-9H3/b12-10+,15-11+,34-16+,37-31+/t33-,35-,36-,38-,39+,40?,41+,42+,43+,44-,45-,47?,48+,52+,53-/m1/s1. The Morgan fingerprint density at radius 1 is 0.897 bits per heavy atom. The summed E-state index contributed by atoms with van der Waals surface area (Å²) < 4.78 is 29.7. The Hall–Kier alpha value is -3.41. The lowest BCUT2D eigenvalue weighted by Gasteiger charge is -2.42. The van der Waals surface area contributed by atoms with Gasteiger partial charge in [-0.15, -0.1) is 0 Å². The number of rotatable bonds is 9. The van der Waals surface area contributed by atoms with Crippen LogP contribution in [0.15, 0.2) is 47.6 Å². The third kappa shape index (κ3) is 15.3. The molecule has 15 heteroatoms. The number of fused-ring (bicyclic) bond motifs is 3. The highest BCUT2D eigenvalue weighted by atomic mass is 16.6. The van der Waals surface area contributed by atoms with Crippen molar-refractivity contribution in [3.63, 3.8) is 0 Å². The van der Waals surface area contributed by atoms with Crippen molar-refractivity contribution >= 4 is 29.7 Å². The van der Waals surface area contributed by atoms with E-state index in [1.807, 2.05) is 32.1 Å². The molecule has 3 aliphatic heterocycles. The van der Waals surface area contributed by atoms with E-state index >= 15 is 0 Å². The second-order valence-corrected chi connectivity index (χ2v) is 20.6. The number of allylic oxidation sites excluding steroid dienone is 6. The SMILES string of the molecule is CO[C@H]1C(=O)[C@H](C)C[C@H](C)/C=C/C=C/C=C(\C)[C@@H](O)CC2CC[C@@H](C)[C@@](O)(O2)C(=O)C(=O)N2CCCC[C@H]2C(=O)O[C@H]([C@H](C)C[C@@H]2CC[C@@H](OCCO)[C@H](OC)C2)CC[C@](C)(C=O)/C=C(\C)C1O. The number of aldehydes is 1. The maximum absolute atomic E-state index is 14.5. The van der Waals surface area contributed by atoms with E-state index in [2.05, 4.69) is 0 Å². The fraction of sp³-hybridized carbons (Fsp3) is 0.755. The van der Waals surface area contributed by atoms with E-state index in [1.165, 1.54) is 12.0 Å². The number of methoxy groups -OCH3 is 2. The number of hydrogen-bond donors (Lipinski definition) is 4. The van der Waals surface area contributed by atoms with Crippen molar-refractivity contribution in [3.05, 3.63) is 47.6 Å². The number of aliphatic hydroxyl groups is 4. The first kappa shape index (κ1) is 57.2. The number of cyclic esters (lactones) is 1. The average Bonchev–Trinajstić information content (AvgIpc) is 3.32. The van der Waals surface area contributed by atoms with Crippen LogP contribution >= 0.6 is 0 Å². The fourth-order valence-electron chi connectivity index (χ4n) is 10.6. The van der Waals surface area contributed by atoms with E-state index in [0.29, 0.717) is 62.5 Å². The fourth-order valence-corrected chi connectivity index (χ4v) is 10.6. The minimum atomic E-state index is -2.48. The van der Waals surface area contributed by atoms with Crippen LogP contribution in [0.3, 0.4) is 0 Å². The maximum atomic E-state index is 14.5. The highest BCUT2D eigenvalue weighted by Gasteiger charge is 2.53. The first-order valence-electron chi connectivity index (χ1n) is 25.0. The van der Waals surface area contributed by atoms with E-state index in [9.17, 15) is 44.4 Å². The number of piperidine rings is 1. The number of carbonyl (C=O) groups excluding carboxylic acids is 5. The van der Waals surface area contributed by atoms with Crippen LogP contribution in [-0.2, 0) is 47.7 Å². The topological polar surface area (TPSA) is 216 Å². The van der Waals surface area contributed by atoms with Gasteiger partial charge >= 0.3 is 5.97 Å². The van der Waals surface area contributed by atoms with Crippen molar-refractivity contribution in [1.29, 1.82) is 0 Å². The van der Waals surface area contributed by atoms with E-state index < -0.39 is 77.3 Å². The second-order valence-electron chi connectivity index (χ2n) is 20.6. The summed E-state index contributed by atoms with van der Waals surface area (Å²) >= 11 is 0. The lowest BCUT2D eigenvalue weighted by Crippen LogP contribution is -2.60. The summed E-state index contributed by atoms with van der Waals surface area (Å²) in [6, 6.07) is -1.12. The number of carbonyl (C=O) groups is 5. The zero-order valence-corrected chi connectivity index (χ0v) is 42.2. The molecule has 0 radical (unpaired) electrons. The van der Waals surface area contributed by atoms with Gasteiger partial charge in [-0.05, 0) is 127 Å². The van der Waals surface area contributed by atoms with Gasteiger partial charge in [0, 0.05) is 44.4 Å². The molecule has 0 aromatic carbocycles. The molecule has 0 aromatic rings. The Morgan fingerprint density at radius 2 is 1.63 bits per heavy atom. The van der Waals surface area contributed by atoms with Crippen LogP contribution in [0.1, 0.15) is 132 Å². The molecular weight excluding hydrogens is 875 g/mol. The van der Waals surface area contributed by atoms with E-state index in [0.717, 1.165) is 12.7 Å². The van der Waals surface area contributed by atoms with Gasteiger partial charge in [0.05, 0.1) is 37.6 Å². The molecule has 1 saturated carbocycles. The summed E-state index contributed by atoms with van der Waals surface area (Å²) in [5.41, 5.74) is -0.161. The van der Waals surface area contributed by atoms with Gasteiger partial charge in [-0.25, -0.2) is 4.79 Å². The number of ether oxygens (including phenoxy) is 5. The molecule has 1 aliphatic carbocycles. The quantitative estimate of drug-likeness (QED) is 0.0913. The van der Waals surface area contributed by atoms with Gasteiger partial charge in [0.1, 0.15) is 30.6 Å². The molecule has 15 nitrogen and oxygen atoms in total. The predicted molar refractivity (Wildman–Crippen MR) is 256 cm³/mol. The first-order chi connectivity index (χ1) is 32.2. The Labute approximate surface area is 404 Å². The molecule has 15 atom stereocenters. The van der Waals surface area contributed by atoms with Crippen LogP contribution in [0, 0.1) is 35.0 Å². The summed E-state index contributed by atoms with van der Waals surface area (Å²) in [6.07, 6.45) is 12.2. The third-order valence-electron chi connectivity index (χ3n) is 15.0. The van der Waals surface area contributed by atoms with Crippen molar-refractivity contribution in [1.82, 2.24) is 4.90 Å². The summed E-state index contributed by atoms with van der Waals surface area (Å²) in [5, 5.41) is 44.0. The number of esters is 1. The van der Waals surface area contributed by atoms with Gasteiger partial charge in [-0.3, -0.25) is 14.4 Å². The van der Waals surface area contributed by atoms with Crippen molar-refractivity contribution < 1.29 is 68.1 Å². The Bertz CT molecular complexity index is 1810. The molecule has 0 spiro atoms. The normalized spacial score (nSPS) is 40.2. The van der Waals surface area contributed by atoms with Gasteiger partial charge in [-0.2, -0.15) is 0 Å². The molecule has 2 unspecified atom stereocenters. The van der Waals surface area contributed by atoms with E-state index in [4.69, 9.17) is 23.7 Å². The van der Waals surface area contributed by atoms with Crippen LogP contribution in [0.4, 0.5) is 0 Å². The van der Waals surface area contributed by atoms with Gasteiger partial charge < -0.3 is 53.8 Å². The molecule has 384 valence electrons. The van der Waals surface area contributed by atoms with Crippen molar-refractivity contribution in [2.75, 3.05) is 34.0 Å². The van der Waals surface area contributed by atoms with Gasteiger partial charge in [-0.1, -0.05) is 64.2 Å². The third-order valence-corrected chi connectivity index (χ3v) is 15.0. The molecule has 3 heterocycles. The largest absolute Gasteiger partial charge is 0.461 e.